The highest BCUT2D eigenvalue weighted by Gasteiger charge is 2.32. The number of hydrogen-bond donors (Lipinski definition) is 1. The molecule has 0 spiro atoms. The van der Waals surface area contributed by atoms with E-state index in [1.807, 2.05) is 37.3 Å². The summed E-state index contributed by atoms with van der Waals surface area (Å²) in [6, 6.07) is 13.3. The molecule has 2 aromatic rings. The Morgan fingerprint density at radius 2 is 1.71 bits per heavy atom. The fraction of sp³-hybridized carbons (Fsp3) is 0.417. The second-order valence-corrected chi connectivity index (χ2v) is 9.83. The van der Waals surface area contributed by atoms with Crippen LogP contribution in [0.3, 0.4) is 0 Å². The molecule has 1 aliphatic rings. The molecule has 0 fully saturated rings. The SMILES string of the molecule is CCNC(=O)[C@H](CC)N(Cc1ccccc1)C(=O)CN(c1ccc2c(c1)OCCO2)S(C)(=O)=O. The lowest BCUT2D eigenvalue weighted by Gasteiger charge is -2.33. The van der Waals surface area contributed by atoms with Gasteiger partial charge in [0.2, 0.25) is 21.8 Å². The monoisotopic (exact) mass is 489 g/mol. The number of carbonyl (C=O) groups excluding carboxylic acids is 2. The minimum Gasteiger partial charge on any atom is -0.486 e. The summed E-state index contributed by atoms with van der Waals surface area (Å²) in [6.07, 6.45) is 1.42. The van der Waals surface area contributed by atoms with Gasteiger partial charge in [0, 0.05) is 19.2 Å². The van der Waals surface area contributed by atoms with Gasteiger partial charge < -0.3 is 19.7 Å². The van der Waals surface area contributed by atoms with Crippen LogP contribution in [0.25, 0.3) is 0 Å². The molecule has 2 aromatic carbocycles. The number of nitrogens with one attached hydrogen (secondary N) is 1. The zero-order valence-electron chi connectivity index (χ0n) is 19.7. The number of benzene rings is 2. The van der Waals surface area contributed by atoms with Gasteiger partial charge in [0.1, 0.15) is 25.8 Å². The molecule has 2 amide bonds. The first kappa shape index (κ1) is 25.4. The lowest BCUT2D eigenvalue weighted by molar-refractivity contribution is -0.140. The van der Waals surface area contributed by atoms with Crippen molar-refractivity contribution in [3.63, 3.8) is 0 Å². The van der Waals surface area contributed by atoms with Crippen molar-refractivity contribution in [3.8, 4) is 11.5 Å². The minimum atomic E-state index is -3.82. The molecule has 0 bridgehead atoms. The van der Waals surface area contributed by atoms with Gasteiger partial charge in [-0.3, -0.25) is 13.9 Å². The van der Waals surface area contributed by atoms with Crippen LogP contribution in [0.2, 0.25) is 0 Å². The largest absolute Gasteiger partial charge is 0.486 e. The van der Waals surface area contributed by atoms with Gasteiger partial charge in [0.25, 0.3) is 0 Å². The first-order valence-corrected chi connectivity index (χ1v) is 13.1. The van der Waals surface area contributed by atoms with Crippen molar-refractivity contribution in [2.45, 2.75) is 32.9 Å². The van der Waals surface area contributed by atoms with Crippen LogP contribution >= 0.6 is 0 Å². The molecule has 0 saturated carbocycles. The van der Waals surface area contributed by atoms with Crippen LogP contribution in [0.1, 0.15) is 25.8 Å². The first-order chi connectivity index (χ1) is 16.2. The van der Waals surface area contributed by atoms with Crippen LogP contribution < -0.4 is 19.1 Å². The molecule has 0 radical (unpaired) electrons. The zero-order valence-corrected chi connectivity index (χ0v) is 20.5. The zero-order chi connectivity index (χ0) is 24.7. The van der Waals surface area contributed by atoms with Gasteiger partial charge in [-0.2, -0.15) is 0 Å². The maximum Gasteiger partial charge on any atom is 0.244 e. The molecule has 9 nitrogen and oxygen atoms in total. The third-order valence-corrected chi connectivity index (χ3v) is 6.57. The summed E-state index contributed by atoms with van der Waals surface area (Å²) < 4.78 is 37.5. The van der Waals surface area contributed by atoms with Gasteiger partial charge in [-0.25, -0.2) is 8.42 Å². The van der Waals surface area contributed by atoms with Crippen LogP contribution in [0, 0.1) is 0 Å². The van der Waals surface area contributed by atoms with E-state index >= 15 is 0 Å². The molecular weight excluding hydrogens is 458 g/mol. The van der Waals surface area contributed by atoms with Gasteiger partial charge in [-0.05, 0) is 31.0 Å². The Kier molecular flexibility index (Phi) is 8.38. The van der Waals surface area contributed by atoms with Crippen LogP contribution in [0.15, 0.2) is 48.5 Å². The van der Waals surface area contributed by atoms with E-state index in [2.05, 4.69) is 5.32 Å². The number of hydrogen-bond acceptors (Lipinski definition) is 6. The van der Waals surface area contributed by atoms with Crippen molar-refractivity contribution in [1.29, 1.82) is 0 Å². The van der Waals surface area contributed by atoms with E-state index in [1.165, 1.54) is 4.90 Å². The number of anilines is 1. The molecule has 1 N–H and O–H groups in total. The summed E-state index contributed by atoms with van der Waals surface area (Å²) >= 11 is 0. The van der Waals surface area contributed by atoms with Gasteiger partial charge in [0.05, 0.1) is 11.9 Å². The second-order valence-electron chi connectivity index (χ2n) is 7.92. The van der Waals surface area contributed by atoms with Crippen LogP contribution in [-0.4, -0.2) is 63.7 Å². The molecule has 1 heterocycles. The highest BCUT2D eigenvalue weighted by molar-refractivity contribution is 7.92. The fourth-order valence-electron chi connectivity index (χ4n) is 3.79. The smallest absolute Gasteiger partial charge is 0.244 e. The van der Waals surface area contributed by atoms with Crippen molar-refractivity contribution < 1.29 is 27.5 Å². The lowest BCUT2D eigenvalue weighted by Crippen LogP contribution is -2.52. The molecule has 3 rings (SSSR count). The Morgan fingerprint density at radius 3 is 2.32 bits per heavy atom. The predicted molar refractivity (Wildman–Crippen MR) is 129 cm³/mol. The van der Waals surface area contributed by atoms with Crippen molar-refractivity contribution in [2.24, 2.45) is 0 Å². The number of sulfonamides is 1. The highest BCUT2D eigenvalue weighted by Crippen LogP contribution is 2.34. The summed E-state index contributed by atoms with van der Waals surface area (Å²) in [5.74, 6) is 0.171. The summed E-state index contributed by atoms with van der Waals surface area (Å²) in [5.41, 5.74) is 1.12. The van der Waals surface area contributed by atoms with Crippen molar-refractivity contribution in [1.82, 2.24) is 10.2 Å². The normalized spacial score (nSPS) is 13.6. The van der Waals surface area contributed by atoms with Crippen LogP contribution in [0.4, 0.5) is 5.69 Å². The number of likely N-dealkylation sites (N-methyl/N-ethyl adjacent to an activating group) is 1. The van der Waals surface area contributed by atoms with Gasteiger partial charge in [-0.15, -0.1) is 0 Å². The maximum atomic E-state index is 13.6. The second kappa shape index (κ2) is 11.2. The van der Waals surface area contributed by atoms with Gasteiger partial charge in [0.15, 0.2) is 11.5 Å². The molecule has 10 heteroatoms. The predicted octanol–water partition coefficient (Wildman–Crippen LogP) is 2.17. The number of ether oxygens (including phenoxy) is 2. The molecule has 0 aromatic heterocycles. The van der Waals surface area contributed by atoms with Crippen LogP contribution in [0.5, 0.6) is 11.5 Å². The fourth-order valence-corrected chi connectivity index (χ4v) is 4.63. The third kappa shape index (κ3) is 6.19. The van der Waals surface area contributed by atoms with Crippen molar-refractivity contribution in [3.05, 3.63) is 54.1 Å². The molecule has 34 heavy (non-hydrogen) atoms. The van der Waals surface area contributed by atoms with E-state index < -0.39 is 28.5 Å². The molecular formula is C24H31N3O6S. The van der Waals surface area contributed by atoms with Crippen molar-refractivity contribution >= 4 is 27.5 Å². The molecule has 1 aliphatic heterocycles. The average molecular weight is 490 g/mol. The van der Waals surface area contributed by atoms with E-state index in [0.29, 0.717) is 37.7 Å². The molecule has 0 aliphatic carbocycles. The number of carbonyl (C=O) groups is 2. The number of amides is 2. The lowest BCUT2D eigenvalue weighted by atomic mass is 10.1. The Balaban J connectivity index is 1.93. The Morgan fingerprint density at radius 1 is 1.03 bits per heavy atom. The number of fused-ring (bicyclic) bond motifs is 1. The number of rotatable bonds is 10. The van der Waals surface area contributed by atoms with Gasteiger partial charge in [-0.1, -0.05) is 37.3 Å². The van der Waals surface area contributed by atoms with E-state index in [0.717, 1.165) is 16.1 Å². The standard InChI is InChI=1S/C24H31N3O6S/c1-4-20(24(29)25-5-2)26(16-18-9-7-6-8-10-18)23(28)17-27(34(3,30)31)19-11-12-21-22(15-19)33-14-13-32-21/h6-12,15,20H,4-5,13-14,16-17H2,1-3H3,(H,25,29)/t20-/m0/s1. The Bertz CT molecular complexity index is 1110. The minimum absolute atomic E-state index is 0.175. The number of nitrogens with zero attached hydrogens (tertiary/aromatic N) is 2. The van der Waals surface area contributed by atoms with E-state index in [1.54, 1.807) is 25.1 Å². The molecule has 0 unspecified atom stereocenters. The summed E-state index contributed by atoms with van der Waals surface area (Å²) in [5, 5.41) is 2.77. The Labute approximate surface area is 200 Å². The van der Waals surface area contributed by atoms with Gasteiger partial charge >= 0.3 is 0 Å². The quantitative estimate of drug-likeness (QED) is 0.548. The van der Waals surface area contributed by atoms with E-state index in [9.17, 15) is 18.0 Å². The molecule has 1 atom stereocenters. The summed E-state index contributed by atoms with van der Waals surface area (Å²) in [6.45, 7) is 4.53. The van der Waals surface area contributed by atoms with Crippen molar-refractivity contribution in [2.75, 3.05) is 36.9 Å². The summed E-state index contributed by atoms with van der Waals surface area (Å²) in [7, 11) is -3.82. The summed E-state index contributed by atoms with van der Waals surface area (Å²) in [4.78, 5) is 27.8. The third-order valence-electron chi connectivity index (χ3n) is 5.43. The first-order valence-electron chi connectivity index (χ1n) is 11.2. The molecule has 0 saturated heterocycles. The maximum absolute atomic E-state index is 13.6. The van der Waals surface area contributed by atoms with Crippen LogP contribution in [-0.2, 0) is 26.2 Å². The average Bonchev–Trinajstić information content (AvgIpc) is 2.82. The topological polar surface area (TPSA) is 105 Å². The van der Waals surface area contributed by atoms with E-state index in [-0.39, 0.29) is 18.1 Å². The van der Waals surface area contributed by atoms with E-state index in [4.69, 9.17) is 9.47 Å². The molecule has 184 valence electrons. The highest BCUT2D eigenvalue weighted by atomic mass is 32.2. The Hall–Kier alpha value is -3.27.